The normalized spacial score (nSPS) is 8.86. The van der Waals surface area contributed by atoms with E-state index in [9.17, 15) is 19.2 Å². The summed E-state index contributed by atoms with van der Waals surface area (Å²) >= 11 is 0. The fourth-order valence-electron chi connectivity index (χ4n) is 2.13. The maximum absolute atomic E-state index is 11.1. The number of ketones is 2. The van der Waals surface area contributed by atoms with E-state index in [1.54, 1.807) is 55.6 Å². The van der Waals surface area contributed by atoms with E-state index in [4.69, 9.17) is 0 Å². The van der Waals surface area contributed by atoms with E-state index in [2.05, 4.69) is 5.32 Å². The number of nitrogens with one attached hydrogen (secondary N) is 1. The molecule has 0 aliphatic rings. The second-order valence-electron chi connectivity index (χ2n) is 6.00. The van der Waals surface area contributed by atoms with Crippen molar-refractivity contribution in [3.63, 3.8) is 0 Å². The molecule has 0 atom stereocenters. The number of Topliss-reactive ketones (excluding diaryl/α,β-unsaturated/α-hetero) is 2. The van der Waals surface area contributed by atoms with E-state index < -0.39 is 0 Å². The van der Waals surface area contributed by atoms with Crippen molar-refractivity contribution >= 4 is 34.8 Å². The van der Waals surface area contributed by atoms with E-state index in [0.717, 1.165) is 5.69 Å². The number of hydrogen-bond donors (Lipinski definition) is 1. The minimum Gasteiger partial charge on any atom is -0.326 e. The first-order valence-electron chi connectivity index (χ1n) is 8.35. The molecule has 1 N–H and O–H groups in total. The Hall–Kier alpha value is -3.28. The molecule has 0 bridgehead atoms. The standard InChI is InChI=1S/C11H13NO2.C10H11NO2.2CH4/c1-8(13)10-5-4-6-11(7-10)12(3)9(2)14;1-7(12)9-4-3-5-10(6-9)11-8(2)13;;/h4-7H,1-3H3;3-6H,1-2H3,(H,11,13);2*1H4. The molecule has 6 nitrogen and oxygen atoms in total. The SMILES string of the molecule is C.C.CC(=O)Nc1cccc(C(C)=O)c1.CC(=O)c1cccc(N(C)C(C)=O)c1. The van der Waals surface area contributed by atoms with Gasteiger partial charge in [0.15, 0.2) is 11.6 Å². The van der Waals surface area contributed by atoms with Gasteiger partial charge in [-0.05, 0) is 38.1 Å². The third-order valence-corrected chi connectivity index (χ3v) is 3.70. The fraction of sp³-hybridized carbons (Fsp3) is 0.304. The zero-order valence-corrected chi connectivity index (χ0v) is 16.2. The van der Waals surface area contributed by atoms with E-state index in [-0.39, 0.29) is 38.2 Å². The van der Waals surface area contributed by atoms with Gasteiger partial charge in [-0.25, -0.2) is 0 Å². The summed E-state index contributed by atoms with van der Waals surface area (Å²) in [6.45, 7) is 5.92. The average Bonchev–Trinajstić information content (AvgIpc) is 2.61. The van der Waals surface area contributed by atoms with Crippen LogP contribution in [0, 0.1) is 0 Å². The van der Waals surface area contributed by atoms with Gasteiger partial charge in [0.2, 0.25) is 11.8 Å². The topological polar surface area (TPSA) is 83.6 Å². The molecule has 0 aliphatic carbocycles. The Labute approximate surface area is 173 Å². The lowest BCUT2D eigenvalue weighted by Gasteiger charge is -2.15. The lowest BCUT2D eigenvalue weighted by Crippen LogP contribution is -2.22. The van der Waals surface area contributed by atoms with Crippen LogP contribution in [0.25, 0.3) is 0 Å². The summed E-state index contributed by atoms with van der Waals surface area (Å²) in [6.07, 6.45) is 0. The van der Waals surface area contributed by atoms with Crippen LogP contribution < -0.4 is 10.2 Å². The van der Waals surface area contributed by atoms with Crippen molar-refractivity contribution in [1.82, 2.24) is 0 Å². The number of benzene rings is 2. The van der Waals surface area contributed by atoms with Crippen LogP contribution in [0.15, 0.2) is 48.5 Å². The van der Waals surface area contributed by atoms with Gasteiger partial charge in [0, 0.05) is 43.4 Å². The summed E-state index contributed by atoms with van der Waals surface area (Å²) in [5, 5.41) is 2.61. The highest BCUT2D eigenvalue weighted by atomic mass is 16.2. The van der Waals surface area contributed by atoms with Gasteiger partial charge >= 0.3 is 0 Å². The minimum atomic E-state index is -0.138. The molecule has 2 rings (SSSR count). The first-order chi connectivity index (χ1) is 12.6. The predicted molar refractivity (Wildman–Crippen MR) is 120 cm³/mol. The molecule has 0 fully saturated rings. The molecule has 0 spiro atoms. The number of nitrogens with zero attached hydrogens (tertiary/aromatic N) is 1. The summed E-state index contributed by atoms with van der Waals surface area (Å²) < 4.78 is 0. The Morgan fingerprint density at radius 2 is 1.24 bits per heavy atom. The second kappa shape index (κ2) is 13.0. The quantitative estimate of drug-likeness (QED) is 0.733. The number of carbonyl (C=O) groups is 4. The molecule has 29 heavy (non-hydrogen) atoms. The second-order valence-corrected chi connectivity index (χ2v) is 6.00. The summed E-state index contributed by atoms with van der Waals surface area (Å²) in [5.74, 6) is -0.192. The Bertz CT molecular complexity index is 859. The third kappa shape index (κ3) is 9.46. The van der Waals surface area contributed by atoms with Crippen LogP contribution in [0.3, 0.4) is 0 Å². The summed E-state index contributed by atoms with van der Waals surface area (Å²) in [6, 6.07) is 13.9. The number of carbonyl (C=O) groups excluding carboxylic acids is 4. The minimum absolute atomic E-state index is 0. The zero-order valence-electron chi connectivity index (χ0n) is 16.2. The Morgan fingerprint density at radius 3 is 1.69 bits per heavy atom. The van der Waals surface area contributed by atoms with Crippen LogP contribution >= 0.6 is 0 Å². The monoisotopic (exact) mass is 400 g/mol. The van der Waals surface area contributed by atoms with E-state index in [0.29, 0.717) is 16.8 Å². The van der Waals surface area contributed by atoms with Gasteiger partial charge in [0.05, 0.1) is 0 Å². The summed E-state index contributed by atoms with van der Waals surface area (Å²) in [5.41, 5.74) is 2.62. The largest absolute Gasteiger partial charge is 0.326 e. The van der Waals surface area contributed by atoms with Crippen LogP contribution in [0.2, 0.25) is 0 Å². The maximum Gasteiger partial charge on any atom is 0.223 e. The van der Waals surface area contributed by atoms with E-state index >= 15 is 0 Å². The highest BCUT2D eigenvalue weighted by Crippen LogP contribution is 2.15. The van der Waals surface area contributed by atoms with Crippen molar-refractivity contribution in [2.75, 3.05) is 17.3 Å². The molecule has 0 aromatic heterocycles. The van der Waals surface area contributed by atoms with Crippen molar-refractivity contribution in [3.8, 4) is 0 Å². The van der Waals surface area contributed by atoms with Crippen LogP contribution in [-0.4, -0.2) is 30.4 Å². The van der Waals surface area contributed by atoms with Gasteiger partial charge in [0.25, 0.3) is 0 Å². The summed E-state index contributed by atoms with van der Waals surface area (Å²) in [7, 11) is 1.68. The number of anilines is 2. The average molecular weight is 401 g/mol. The number of hydrogen-bond acceptors (Lipinski definition) is 4. The molecule has 158 valence electrons. The Kier molecular flexibility index (Phi) is 12.5. The van der Waals surface area contributed by atoms with Gasteiger partial charge in [-0.15, -0.1) is 0 Å². The molecule has 6 heteroatoms. The van der Waals surface area contributed by atoms with Gasteiger partial charge in [-0.2, -0.15) is 0 Å². The van der Waals surface area contributed by atoms with E-state index in [1.807, 2.05) is 0 Å². The zero-order chi connectivity index (χ0) is 20.6. The predicted octanol–water partition coefficient (Wildman–Crippen LogP) is 4.99. The molecule has 0 aliphatic heterocycles. The highest BCUT2D eigenvalue weighted by Gasteiger charge is 2.07. The smallest absolute Gasteiger partial charge is 0.223 e. The third-order valence-electron chi connectivity index (χ3n) is 3.70. The van der Waals surface area contributed by atoms with Crippen molar-refractivity contribution in [3.05, 3.63) is 59.7 Å². The molecule has 2 amide bonds. The van der Waals surface area contributed by atoms with Crippen molar-refractivity contribution in [1.29, 1.82) is 0 Å². The fourth-order valence-corrected chi connectivity index (χ4v) is 2.13. The van der Waals surface area contributed by atoms with Crippen LogP contribution in [0.4, 0.5) is 11.4 Å². The van der Waals surface area contributed by atoms with E-state index in [1.165, 1.54) is 32.6 Å². The maximum atomic E-state index is 11.1. The molecular weight excluding hydrogens is 368 g/mol. The van der Waals surface area contributed by atoms with Crippen molar-refractivity contribution in [2.45, 2.75) is 42.5 Å². The lowest BCUT2D eigenvalue weighted by molar-refractivity contribution is -0.116. The van der Waals surface area contributed by atoms with Crippen LogP contribution in [0.1, 0.15) is 63.3 Å². The van der Waals surface area contributed by atoms with Crippen LogP contribution in [-0.2, 0) is 9.59 Å². The molecule has 2 aromatic carbocycles. The van der Waals surface area contributed by atoms with Crippen LogP contribution in [0.5, 0.6) is 0 Å². The van der Waals surface area contributed by atoms with Gasteiger partial charge in [-0.3, -0.25) is 19.2 Å². The molecule has 2 aromatic rings. The molecular formula is C23H32N2O4. The van der Waals surface area contributed by atoms with Gasteiger partial charge in [-0.1, -0.05) is 39.1 Å². The number of rotatable bonds is 4. The van der Waals surface area contributed by atoms with Crippen molar-refractivity contribution in [2.24, 2.45) is 0 Å². The van der Waals surface area contributed by atoms with Gasteiger partial charge < -0.3 is 10.2 Å². The highest BCUT2D eigenvalue weighted by molar-refractivity contribution is 5.97. The first kappa shape index (κ1) is 27.9. The van der Waals surface area contributed by atoms with Crippen molar-refractivity contribution < 1.29 is 19.2 Å². The van der Waals surface area contributed by atoms with Gasteiger partial charge in [0.1, 0.15) is 0 Å². The molecule has 0 heterocycles. The number of amides is 2. The molecule has 0 saturated carbocycles. The Morgan fingerprint density at radius 1 is 0.759 bits per heavy atom. The molecule has 0 radical (unpaired) electrons. The molecule has 0 saturated heterocycles. The summed E-state index contributed by atoms with van der Waals surface area (Å²) in [4.78, 5) is 45.3. The molecule has 0 unspecified atom stereocenters. The lowest BCUT2D eigenvalue weighted by atomic mass is 10.1. The first-order valence-corrected chi connectivity index (χ1v) is 8.35. The Balaban J connectivity index is 0.